The van der Waals surface area contributed by atoms with Gasteiger partial charge in [0.15, 0.2) is 0 Å². The number of carbonyl (C=O) groups is 1. The Bertz CT molecular complexity index is 726. The van der Waals surface area contributed by atoms with E-state index in [4.69, 9.17) is 4.74 Å². The third-order valence-corrected chi connectivity index (χ3v) is 6.47. The molecule has 0 saturated carbocycles. The first-order chi connectivity index (χ1) is 11.3. The standard InChI is InChI=1S/C19H22N2O2/c1-23-18(22)13-11-12-5-4-9-21-10-8-19(17(12)21)14-6-2-3-7-15(14)20-16(13)19/h2-3,6-7,12,17,20H,4-5,8-11H2,1H3/t12-,17-,19-/m1/s1. The van der Waals surface area contributed by atoms with E-state index in [2.05, 4.69) is 34.5 Å². The van der Waals surface area contributed by atoms with Gasteiger partial charge >= 0.3 is 5.97 Å². The Kier molecular flexibility index (Phi) is 2.72. The second-order valence-electron chi connectivity index (χ2n) is 7.32. The summed E-state index contributed by atoms with van der Waals surface area (Å²) in [5.74, 6) is 0.416. The fourth-order valence-corrected chi connectivity index (χ4v) is 5.74. The number of rotatable bonds is 1. The average Bonchev–Trinajstić information content (AvgIpc) is 3.14. The number of ether oxygens (including phenoxy) is 1. The van der Waals surface area contributed by atoms with Crippen molar-refractivity contribution in [3.63, 3.8) is 0 Å². The van der Waals surface area contributed by atoms with Gasteiger partial charge in [-0.3, -0.25) is 4.90 Å². The largest absolute Gasteiger partial charge is 0.466 e. The predicted molar refractivity (Wildman–Crippen MR) is 88.1 cm³/mol. The Hall–Kier alpha value is -1.81. The van der Waals surface area contributed by atoms with Crippen molar-refractivity contribution in [2.75, 3.05) is 25.5 Å². The third kappa shape index (κ3) is 1.57. The summed E-state index contributed by atoms with van der Waals surface area (Å²) in [7, 11) is 1.50. The number of hydrogen-bond acceptors (Lipinski definition) is 4. The van der Waals surface area contributed by atoms with Crippen LogP contribution in [0.1, 0.15) is 31.2 Å². The van der Waals surface area contributed by atoms with E-state index >= 15 is 0 Å². The molecular formula is C19H22N2O2. The number of methoxy groups -OCH3 is 1. The van der Waals surface area contributed by atoms with Gasteiger partial charge in [0, 0.05) is 17.4 Å². The van der Waals surface area contributed by atoms with Gasteiger partial charge in [0.05, 0.1) is 18.1 Å². The first kappa shape index (κ1) is 13.6. The zero-order chi connectivity index (χ0) is 15.6. The maximum atomic E-state index is 12.5. The number of esters is 1. The molecular weight excluding hydrogens is 288 g/mol. The maximum absolute atomic E-state index is 12.5. The van der Waals surface area contributed by atoms with Crippen LogP contribution in [-0.2, 0) is 14.9 Å². The van der Waals surface area contributed by atoms with Crippen LogP contribution in [0.4, 0.5) is 5.69 Å². The minimum Gasteiger partial charge on any atom is -0.466 e. The van der Waals surface area contributed by atoms with E-state index in [1.165, 1.54) is 37.7 Å². The predicted octanol–water partition coefficient (Wildman–Crippen LogP) is 2.67. The highest BCUT2D eigenvalue weighted by atomic mass is 16.5. The number of benzene rings is 1. The molecule has 0 radical (unpaired) electrons. The van der Waals surface area contributed by atoms with E-state index < -0.39 is 0 Å². The number of anilines is 1. The summed E-state index contributed by atoms with van der Waals surface area (Å²) in [6.45, 7) is 2.33. The lowest BCUT2D eigenvalue weighted by atomic mass is 9.62. The van der Waals surface area contributed by atoms with Gasteiger partial charge in [-0.15, -0.1) is 0 Å². The van der Waals surface area contributed by atoms with E-state index in [1.807, 2.05) is 0 Å². The van der Waals surface area contributed by atoms with Crippen molar-refractivity contribution in [2.24, 2.45) is 5.92 Å². The SMILES string of the molecule is COC(=O)C1=C2Nc3ccccc3[C@]23CCN2CCC[C@H](C1)[C@@H]23. The van der Waals surface area contributed by atoms with Gasteiger partial charge in [0.1, 0.15) is 0 Å². The molecule has 0 unspecified atom stereocenters. The third-order valence-electron chi connectivity index (χ3n) is 6.47. The van der Waals surface area contributed by atoms with Gasteiger partial charge in [0.2, 0.25) is 0 Å². The Morgan fingerprint density at radius 2 is 2.22 bits per heavy atom. The van der Waals surface area contributed by atoms with Crippen molar-refractivity contribution in [3.8, 4) is 0 Å². The average molecular weight is 310 g/mol. The molecule has 0 bridgehead atoms. The Morgan fingerprint density at radius 1 is 1.35 bits per heavy atom. The van der Waals surface area contributed by atoms with E-state index in [0.717, 1.165) is 30.7 Å². The molecule has 4 aliphatic rings. The van der Waals surface area contributed by atoms with Crippen LogP contribution in [0.15, 0.2) is 35.5 Å². The number of fused-ring (bicyclic) bond motifs is 1. The van der Waals surface area contributed by atoms with Crippen LogP contribution in [0.25, 0.3) is 0 Å². The molecule has 4 nitrogen and oxygen atoms in total. The summed E-state index contributed by atoms with van der Waals surface area (Å²) in [5, 5.41) is 3.61. The van der Waals surface area contributed by atoms with Gasteiger partial charge in [-0.2, -0.15) is 0 Å². The van der Waals surface area contributed by atoms with Crippen molar-refractivity contribution >= 4 is 11.7 Å². The molecule has 1 aliphatic carbocycles. The summed E-state index contributed by atoms with van der Waals surface area (Å²) in [4.78, 5) is 15.1. The lowest BCUT2D eigenvalue weighted by molar-refractivity contribution is -0.136. The molecule has 0 aromatic heterocycles. The summed E-state index contributed by atoms with van der Waals surface area (Å²) >= 11 is 0. The summed E-state index contributed by atoms with van der Waals surface area (Å²) in [5.41, 5.74) is 4.56. The van der Waals surface area contributed by atoms with E-state index in [-0.39, 0.29) is 11.4 Å². The van der Waals surface area contributed by atoms with Crippen LogP contribution >= 0.6 is 0 Å². The molecule has 120 valence electrons. The highest BCUT2D eigenvalue weighted by Gasteiger charge is 2.61. The van der Waals surface area contributed by atoms with Gasteiger partial charge < -0.3 is 10.1 Å². The van der Waals surface area contributed by atoms with Crippen molar-refractivity contribution in [3.05, 3.63) is 41.1 Å². The zero-order valence-electron chi connectivity index (χ0n) is 13.5. The fourth-order valence-electron chi connectivity index (χ4n) is 5.74. The van der Waals surface area contributed by atoms with Crippen molar-refractivity contribution < 1.29 is 9.53 Å². The zero-order valence-corrected chi connectivity index (χ0v) is 13.5. The maximum Gasteiger partial charge on any atom is 0.335 e. The molecule has 3 heterocycles. The first-order valence-corrected chi connectivity index (χ1v) is 8.68. The molecule has 3 aliphatic heterocycles. The molecule has 23 heavy (non-hydrogen) atoms. The van der Waals surface area contributed by atoms with E-state index in [1.54, 1.807) is 0 Å². The number of hydrogen-bond donors (Lipinski definition) is 1. The summed E-state index contributed by atoms with van der Waals surface area (Å²) in [6, 6.07) is 9.14. The molecule has 1 aromatic carbocycles. The van der Waals surface area contributed by atoms with Gasteiger partial charge in [0.25, 0.3) is 0 Å². The monoisotopic (exact) mass is 310 g/mol. The number of carbonyl (C=O) groups excluding carboxylic acids is 1. The van der Waals surface area contributed by atoms with Gasteiger partial charge in [-0.05, 0) is 56.3 Å². The highest BCUT2D eigenvalue weighted by molar-refractivity contribution is 5.93. The Balaban J connectivity index is 1.77. The molecule has 2 saturated heterocycles. The molecule has 5 rings (SSSR count). The van der Waals surface area contributed by atoms with Crippen molar-refractivity contribution in [1.82, 2.24) is 4.90 Å². The van der Waals surface area contributed by atoms with Crippen LogP contribution < -0.4 is 5.32 Å². The Labute approximate surface area is 136 Å². The molecule has 2 fully saturated rings. The first-order valence-electron chi connectivity index (χ1n) is 8.68. The van der Waals surface area contributed by atoms with Crippen LogP contribution in [0.2, 0.25) is 0 Å². The van der Waals surface area contributed by atoms with Crippen LogP contribution in [0.5, 0.6) is 0 Å². The quantitative estimate of drug-likeness (QED) is 0.810. The molecule has 1 N–H and O–H groups in total. The molecule has 1 spiro atoms. The van der Waals surface area contributed by atoms with Gasteiger partial charge in [-0.1, -0.05) is 18.2 Å². The lowest BCUT2D eigenvalue weighted by Crippen LogP contribution is -2.53. The van der Waals surface area contributed by atoms with Crippen LogP contribution in [0, 0.1) is 5.92 Å². The fraction of sp³-hybridized carbons (Fsp3) is 0.526. The summed E-state index contributed by atoms with van der Waals surface area (Å²) in [6.07, 6.45) is 4.43. The number of para-hydroxylation sites is 1. The molecule has 1 aromatic rings. The number of piperidine rings is 1. The van der Waals surface area contributed by atoms with E-state index in [0.29, 0.717) is 12.0 Å². The summed E-state index contributed by atoms with van der Waals surface area (Å²) < 4.78 is 5.13. The second-order valence-corrected chi connectivity index (χ2v) is 7.32. The number of nitrogens with one attached hydrogen (secondary N) is 1. The Morgan fingerprint density at radius 3 is 3.09 bits per heavy atom. The van der Waals surface area contributed by atoms with Crippen LogP contribution in [-0.4, -0.2) is 37.1 Å². The minimum absolute atomic E-state index is 0.0244. The lowest BCUT2D eigenvalue weighted by Gasteiger charge is -2.48. The van der Waals surface area contributed by atoms with Crippen molar-refractivity contribution in [1.29, 1.82) is 0 Å². The van der Waals surface area contributed by atoms with E-state index in [9.17, 15) is 4.79 Å². The second kappa shape index (κ2) is 4.60. The highest BCUT2D eigenvalue weighted by Crippen LogP contribution is 2.60. The normalized spacial score (nSPS) is 34.5. The molecule has 3 atom stereocenters. The molecule has 0 amide bonds. The number of nitrogens with zero attached hydrogens (tertiary/aromatic N) is 1. The topological polar surface area (TPSA) is 41.6 Å². The minimum atomic E-state index is -0.151. The molecule has 4 heteroatoms. The van der Waals surface area contributed by atoms with Crippen LogP contribution in [0.3, 0.4) is 0 Å². The van der Waals surface area contributed by atoms with Crippen molar-refractivity contribution in [2.45, 2.75) is 37.1 Å². The smallest absolute Gasteiger partial charge is 0.335 e. The van der Waals surface area contributed by atoms with Gasteiger partial charge in [-0.25, -0.2) is 4.79 Å².